The van der Waals surface area contributed by atoms with Gasteiger partial charge in [0.1, 0.15) is 0 Å². The second kappa shape index (κ2) is 4.29. The number of nitrogens with zero attached hydrogens (tertiary/aromatic N) is 1. The smallest absolute Gasteiger partial charge is 0.0580 e. The van der Waals surface area contributed by atoms with Gasteiger partial charge in [0.25, 0.3) is 0 Å². The number of aromatic nitrogens is 1. The van der Waals surface area contributed by atoms with Gasteiger partial charge in [0.05, 0.1) is 5.69 Å². The molecule has 1 aromatic heterocycles. The van der Waals surface area contributed by atoms with Crippen LogP contribution < -0.4 is 5.32 Å². The van der Waals surface area contributed by atoms with Gasteiger partial charge in [-0.15, -0.1) is 0 Å². The van der Waals surface area contributed by atoms with Crippen LogP contribution in [-0.4, -0.2) is 18.6 Å². The lowest BCUT2D eigenvalue weighted by atomic mass is 10.2. The maximum absolute atomic E-state index is 4.45. The van der Waals surface area contributed by atoms with Crippen molar-refractivity contribution in [1.82, 2.24) is 10.3 Å². The minimum Gasteiger partial charge on any atom is -0.319 e. The molecular weight excluding hydrogens is 308 g/mol. The number of pyridine rings is 1. The van der Waals surface area contributed by atoms with Crippen LogP contribution in [0.5, 0.6) is 0 Å². The van der Waals surface area contributed by atoms with E-state index >= 15 is 0 Å². The molecule has 1 saturated carbocycles. The van der Waals surface area contributed by atoms with Crippen molar-refractivity contribution < 1.29 is 0 Å². The van der Waals surface area contributed by atoms with Crippen LogP contribution >= 0.6 is 31.9 Å². The number of hydrogen-bond donors (Lipinski definition) is 1. The molecule has 1 heterocycles. The van der Waals surface area contributed by atoms with Crippen LogP contribution in [0, 0.1) is 5.92 Å². The molecule has 1 fully saturated rings. The summed E-state index contributed by atoms with van der Waals surface area (Å²) in [6, 6.07) is 2.07. The Bertz CT molecular complexity index is 341. The van der Waals surface area contributed by atoms with Gasteiger partial charge in [-0.2, -0.15) is 0 Å². The largest absolute Gasteiger partial charge is 0.319 e. The minimum atomic E-state index is 0.643. The van der Waals surface area contributed by atoms with E-state index in [-0.39, 0.29) is 0 Å². The molecule has 1 aliphatic carbocycles. The van der Waals surface area contributed by atoms with E-state index in [0.29, 0.717) is 5.92 Å². The summed E-state index contributed by atoms with van der Waals surface area (Å²) in [6.45, 7) is 1.09. The third kappa shape index (κ3) is 2.18. The van der Waals surface area contributed by atoms with Gasteiger partial charge in [0.15, 0.2) is 0 Å². The Hall–Kier alpha value is 0.0700. The van der Waals surface area contributed by atoms with E-state index in [2.05, 4.69) is 48.2 Å². The van der Waals surface area contributed by atoms with Crippen molar-refractivity contribution in [3.63, 3.8) is 0 Å². The minimum absolute atomic E-state index is 0.643. The summed E-state index contributed by atoms with van der Waals surface area (Å²) < 4.78 is 2.15. The molecule has 0 aromatic carbocycles. The summed E-state index contributed by atoms with van der Waals surface area (Å²) in [7, 11) is 2.00. The van der Waals surface area contributed by atoms with E-state index in [1.54, 1.807) is 0 Å². The molecule has 2 atom stereocenters. The Morgan fingerprint density at radius 3 is 3.00 bits per heavy atom. The van der Waals surface area contributed by atoms with Gasteiger partial charge in [0.2, 0.25) is 0 Å². The zero-order valence-electron chi connectivity index (χ0n) is 7.93. The fourth-order valence-electron chi connectivity index (χ4n) is 1.77. The van der Waals surface area contributed by atoms with Crippen LogP contribution in [-0.2, 0) is 0 Å². The van der Waals surface area contributed by atoms with E-state index in [1.165, 1.54) is 12.1 Å². The predicted molar refractivity (Wildman–Crippen MR) is 64.4 cm³/mol. The van der Waals surface area contributed by atoms with Crippen molar-refractivity contribution in [2.45, 2.75) is 12.3 Å². The summed E-state index contributed by atoms with van der Waals surface area (Å²) in [5, 5.41) is 3.21. The molecule has 2 rings (SSSR count). The number of nitrogens with one attached hydrogen (secondary N) is 1. The lowest BCUT2D eigenvalue weighted by Gasteiger charge is -2.03. The fraction of sp³-hybridized carbons (Fsp3) is 0.500. The first-order chi connectivity index (χ1) is 6.72. The topological polar surface area (TPSA) is 24.9 Å². The molecule has 0 saturated heterocycles. The van der Waals surface area contributed by atoms with E-state index in [1.807, 2.05) is 13.2 Å². The lowest BCUT2D eigenvalue weighted by molar-refractivity contribution is 0.692. The number of hydrogen-bond acceptors (Lipinski definition) is 2. The van der Waals surface area contributed by atoms with E-state index in [0.717, 1.165) is 21.4 Å². The number of halogens is 2. The molecule has 1 N–H and O–H groups in total. The highest BCUT2D eigenvalue weighted by atomic mass is 79.9. The van der Waals surface area contributed by atoms with Crippen LogP contribution in [0.4, 0.5) is 0 Å². The molecule has 2 unspecified atom stereocenters. The Kier molecular flexibility index (Phi) is 3.24. The molecule has 0 radical (unpaired) electrons. The number of rotatable bonds is 3. The van der Waals surface area contributed by atoms with Crippen molar-refractivity contribution in [2.24, 2.45) is 5.92 Å². The van der Waals surface area contributed by atoms with E-state index in [9.17, 15) is 0 Å². The summed E-state index contributed by atoms with van der Waals surface area (Å²) in [6.07, 6.45) is 3.13. The van der Waals surface area contributed by atoms with Gasteiger partial charge in [-0.25, -0.2) is 0 Å². The van der Waals surface area contributed by atoms with Crippen molar-refractivity contribution in [2.75, 3.05) is 13.6 Å². The molecule has 0 aliphatic heterocycles. The SMILES string of the molecule is CNCC1CC1c1ncc(Br)cc1Br. The Labute approximate surface area is 101 Å². The quantitative estimate of drug-likeness (QED) is 0.926. The zero-order valence-corrected chi connectivity index (χ0v) is 11.1. The highest BCUT2D eigenvalue weighted by molar-refractivity contribution is 9.11. The molecule has 1 aliphatic rings. The average molecular weight is 320 g/mol. The highest BCUT2D eigenvalue weighted by Gasteiger charge is 2.39. The zero-order chi connectivity index (χ0) is 10.1. The van der Waals surface area contributed by atoms with Gasteiger partial charge in [-0.05, 0) is 63.9 Å². The summed E-state index contributed by atoms with van der Waals surface area (Å²) >= 11 is 6.96. The maximum Gasteiger partial charge on any atom is 0.0580 e. The maximum atomic E-state index is 4.45. The van der Waals surface area contributed by atoms with Crippen molar-refractivity contribution >= 4 is 31.9 Å². The Balaban J connectivity index is 2.11. The molecule has 4 heteroatoms. The van der Waals surface area contributed by atoms with Crippen molar-refractivity contribution in [3.8, 4) is 0 Å². The normalized spacial score (nSPS) is 25.1. The summed E-state index contributed by atoms with van der Waals surface area (Å²) in [4.78, 5) is 4.45. The lowest BCUT2D eigenvalue weighted by Crippen LogP contribution is -2.10. The fourth-order valence-corrected chi connectivity index (χ4v) is 3.05. The first-order valence-electron chi connectivity index (χ1n) is 4.68. The van der Waals surface area contributed by atoms with Crippen LogP contribution in [0.25, 0.3) is 0 Å². The second-order valence-electron chi connectivity index (χ2n) is 3.68. The van der Waals surface area contributed by atoms with Gasteiger partial charge in [-0.3, -0.25) is 4.98 Å². The molecule has 0 amide bonds. The van der Waals surface area contributed by atoms with Crippen LogP contribution in [0.15, 0.2) is 21.2 Å². The molecule has 14 heavy (non-hydrogen) atoms. The van der Waals surface area contributed by atoms with E-state index in [4.69, 9.17) is 0 Å². The molecule has 76 valence electrons. The highest BCUT2D eigenvalue weighted by Crippen LogP contribution is 2.48. The molecule has 1 aromatic rings. The van der Waals surface area contributed by atoms with Crippen LogP contribution in [0.2, 0.25) is 0 Å². The third-order valence-corrected chi connectivity index (χ3v) is 3.65. The third-order valence-electron chi connectivity index (χ3n) is 2.58. The Morgan fingerprint density at radius 1 is 1.57 bits per heavy atom. The summed E-state index contributed by atoms with van der Waals surface area (Å²) in [5.41, 5.74) is 1.20. The van der Waals surface area contributed by atoms with Crippen LogP contribution in [0.3, 0.4) is 0 Å². The standard InChI is InChI=1S/C10H12Br2N2/c1-13-4-6-2-8(6)10-9(12)3-7(11)5-14-10/h3,5-6,8,13H,2,4H2,1H3. The van der Waals surface area contributed by atoms with Crippen molar-refractivity contribution in [1.29, 1.82) is 0 Å². The van der Waals surface area contributed by atoms with Crippen LogP contribution in [0.1, 0.15) is 18.0 Å². The van der Waals surface area contributed by atoms with E-state index < -0.39 is 0 Å². The first-order valence-corrected chi connectivity index (χ1v) is 6.26. The van der Waals surface area contributed by atoms with Crippen molar-refractivity contribution in [3.05, 3.63) is 26.9 Å². The van der Waals surface area contributed by atoms with Gasteiger partial charge in [-0.1, -0.05) is 0 Å². The predicted octanol–water partition coefficient (Wildman–Crippen LogP) is 2.93. The van der Waals surface area contributed by atoms with Gasteiger partial charge < -0.3 is 5.32 Å². The molecule has 0 bridgehead atoms. The summed E-state index contributed by atoms with van der Waals surface area (Å²) in [5.74, 6) is 1.41. The average Bonchev–Trinajstić information content (AvgIpc) is 2.84. The van der Waals surface area contributed by atoms with Gasteiger partial charge in [0, 0.05) is 21.1 Å². The van der Waals surface area contributed by atoms with Gasteiger partial charge >= 0.3 is 0 Å². The molecular formula is C10H12Br2N2. The molecule has 0 spiro atoms. The second-order valence-corrected chi connectivity index (χ2v) is 5.45. The molecule has 2 nitrogen and oxygen atoms in total. The Morgan fingerprint density at radius 2 is 2.36 bits per heavy atom. The first kappa shape index (κ1) is 10.6. The monoisotopic (exact) mass is 318 g/mol.